The molecule has 2 fully saturated rings. The number of hydrogen-bond acceptors (Lipinski definition) is 15. The number of aliphatic hydroxyl groups excluding tert-OH is 6. The summed E-state index contributed by atoms with van der Waals surface area (Å²) < 4.78 is 27.2. The molecule has 0 aromatic heterocycles. The van der Waals surface area contributed by atoms with Crippen molar-refractivity contribution < 1.29 is 79.9 Å². The van der Waals surface area contributed by atoms with Gasteiger partial charge in [-0.1, -0.05) is 6.07 Å². The van der Waals surface area contributed by atoms with Gasteiger partial charge in [-0.15, -0.1) is 0 Å². The van der Waals surface area contributed by atoms with Crippen LogP contribution in [0.4, 0.5) is 0 Å². The van der Waals surface area contributed by atoms with Crippen molar-refractivity contribution in [3.8, 4) is 28.7 Å². The number of hydrogen-bond donors (Lipinski definition) is 9. The number of phenols is 3. The Morgan fingerprint density at radius 2 is 1.50 bits per heavy atom. The molecule has 2 heterocycles. The van der Waals surface area contributed by atoms with Gasteiger partial charge in [-0.05, 0) is 31.0 Å². The number of carbonyl (C=O) groups is 1. The first-order chi connectivity index (χ1) is 20.4. The number of aryl methyl sites for hydroxylation is 1. The lowest BCUT2D eigenvalue weighted by Crippen LogP contribution is -2.64. The summed E-state index contributed by atoms with van der Waals surface area (Å²) in [7, 11) is 1.40. The van der Waals surface area contributed by atoms with Gasteiger partial charge in [0, 0.05) is 18.6 Å². The number of methoxy groups -OCH3 is 1. The van der Waals surface area contributed by atoms with Gasteiger partial charge in [-0.3, -0.25) is 4.79 Å². The van der Waals surface area contributed by atoms with E-state index in [0.717, 1.165) is 12.1 Å². The summed E-state index contributed by atoms with van der Waals surface area (Å²) in [6.07, 6.45) is -15.5. The molecule has 2 aromatic carbocycles. The summed E-state index contributed by atoms with van der Waals surface area (Å²) in [5.41, 5.74) is 0.208. The molecule has 2 aliphatic rings. The zero-order chi connectivity index (χ0) is 31.6. The van der Waals surface area contributed by atoms with Gasteiger partial charge < -0.3 is 75.1 Å². The number of benzene rings is 2. The molecule has 0 saturated carbocycles. The fraction of sp³-hybridized carbons (Fsp3) is 0.536. The van der Waals surface area contributed by atoms with Crippen LogP contribution in [0.3, 0.4) is 0 Å². The van der Waals surface area contributed by atoms with Crippen LogP contribution in [0.25, 0.3) is 0 Å². The van der Waals surface area contributed by atoms with Gasteiger partial charge in [0.05, 0.1) is 19.8 Å². The molecule has 0 spiro atoms. The summed E-state index contributed by atoms with van der Waals surface area (Å²) in [5.74, 6) is -2.04. The Bertz CT molecular complexity index is 1250. The number of ether oxygens (including phenoxy) is 5. The van der Waals surface area contributed by atoms with Crippen molar-refractivity contribution in [1.29, 1.82) is 0 Å². The molecule has 4 rings (SSSR count). The van der Waals surface area contributed by atoms with E-state index >= 15 is 0 Å². The molecule has 0 radical (unpaired) electrons. The van der Waals surface area contributed by atoms with E-state index < -0.39 is 90.9 Å². The highest BCUT2D eigenvalue weighted by Gasteiger charge is 2.51. The van der Waals surface area contributed by atoms with Crippen LogP contribution in [0.5, 0.6) is 28.7 Å². The van der Waals surface area contributed by atoms with Crippen molar-refractivity contribution in [1.82, 2.24) is 0 Å². The topological polar surface area (TPSA) is 277 Å². The van der Waals surface area contributed by atoms with E-state index in [1.165, 1.54) is 26.2 Å². The van der Waals surface area contributed by atoms with Crippen LogP contribution in [0.15, 0.2) is 30.3 Å². The third kappa shape index (κ3) is 7.32. The SMILES string of the molecule is COc1ccc(CCC(=O)c2c(O)cc(O[C@@H]3O[C@H](CO)[C@@H](O)[C@H](O)[C@H]3O[C@@H]3O[C@@H](C)[C@H](O)[C@@H](O)[C@H]3O)cc2O)cc1O.O. The molecular weight excluding hydrogens is 592 g/mol. The van der Waals surface area contributed by atoms with Gasteiger partial charge >= 0.3 is 0 Å². The third-order valence-electron chi connectivity index (χ3n) is 7.41. The fourth-order valence-electron chi connectivity index (χ4n) is 4.93. The highest BCUT2D eigenvalue weighted by molar-refractivity contribution is 6.01. The summed E-state index contributed by atoms with van der Waals surface area (Å²) >= 11 is 0. The minimum Gasteiger partial charge on any atom is -0.507 e. The van der Waals surface area contributed by atoms with E-state index in [2.05, 4.69) is 0 Å². The predicted octanol–water partition coefficient (Wildman–Crippen LogP) is -2.17. The molecule has 0 unspecified atom stereocenters. The van der Waals surface area contributed by atoms with Gasteiger partial charge in [-0.2, -0.15) is 0 Å². The Balaban J connectivity index is 0.00000529. The second-order valence-corrected chi connectivity index (χ2v) is 10.4. The largest absolute Gasteiger partial charge is 0.507 e. The molecule has 0 amide bonds. The molecule has 16 heteroatoms. The van der Waals surface area contributed by atoms with Crippen molar-refractivity contribution in [3.05, 3.63) is 41.5 Å². The van der Waals surface area contributed by atoms with Crippen LogP contribution >= 0.6 is 0 Å². The van der Waals surface area contributed by atoms with Crippen molar-refractivity contribution in [2.24, 2.45) is 0 Å². The standard InChI is InChI=1S/C28H36O15.H2O/c1-11-21(34)23(36)25(38)27(40-11)43-26-24(37)22(35)19(10-29)42-28(26)41-13-8-16(32)20(17(33)9-13)14(30)5-3-12-4-6-18(39-2)15(31)7-12;/h4,6-9,11,19,21-29,31-38H,3,5,10H2,1-2H3;1H2/t11-,19+,21-,22+,23+,24-,25+,26+,27-,28+;/m0./s1. The Hall–Kier alpha value is -3.29. The van der Waals surface area contributed by atoms with E-state index in [9.17, 15) is 50.8 Å². The van der Waals surface area contributed by atoms with E-state index in [4.69, 9.17) is 23.7 Å². The predicted molar refractivity (Wildman–Crippen MR) is 146 cm³/mol. The summed E-state index contributed by atoms with van der Waals surface area (Å²) in [6.45, 7) is 0.662. The Morgan fingerprint density at radius 3 is 2.09 bits per heavy atom. The van der Waals surface area contributed by atoms with E-state index in [1.54, 1.807) is 6.07 Å². The Kier molecular flexibility index (Phi) is 11.7. The number of aliphatic hydroxyl groups is 6. The average molecular weight is 631 g/mol. The lowest BCUT2D eigenvalue weighted by atomic mass is 9.97. The number of Topliss-reactive ketones (excluding diaryl/α,β-unsaturated/α-hetero) is 1. The summed E-state index contributed by atoms with van der Waals surface area (Å²) in [5, 5.41) is 92.3. The van der Waals surface area contributed by atoms with Crippen molar-refractivity contribution in [2.45, 2.75) is 81.2 Å². The van der Waals surface area contributed by atoms with Gasteiger partial charge in [0.25, 0.3) is 0 Å². The van der Waals surface area contributed by atoms with E-state index in [1.807, 2.05) is 0 Å². The van der Waals surface area contributed by atoms with Crippen LogP contribution in [-0.4, -0.2) is 132 Å². The maximum absolute atomic E-state index is 12.9. The van der Waals surface area contributed by atoms with Crippen LogP contribution in [0.1, 0.15) is 29.3 Å². The maximum atomic E-state index is 12.9. The molecule has 16 nitrogen and oxygen atoms in total. The van der Waals surface area contributed by atoms with E-state index in [0.29, 0.717) is 5.56 Å². The first kappa shape index (κ1) is 35.2. The molecule has 2 aliphatic heterocycles. The molecule has 10 atom stereocenters. The van der Waals surface area contributed by atoms with Crippen LogP contribution < -0.4 is 9.47 Å². The molecule has 0 aliphatic carbocycles. The lowest BCUT2D eigenvalue weighted by molar-refractivity contribution is -0.354. The summed E-state index contributed by atoms with van der Waals surface area (Å²) in [4.78, 5) is 12.9. The number of carbonyl (C=O) groups excluding carboxylic acids is 1. The molecule has 2 saturated heterocycles. The number of ketones is 1. The highest BCUT2D eigenvalue weighted by atomic mass is 16.8. The third-order valence-corrected chi connectivity index (χ3v) is 7.41. The van der Waals surface area contributed by atoms with Crippen LogP contribution in [0, 0.1) is 0 Å². The second kappa shape index (κ2) is 14.7. The van der Waals surface area contributed by atoms with Crippen LogP contribution in [0.2, 0.25) is 0 Å². The number of aromatic hydroxyl groups is 3. The normalized spacial score (nSPS) is 32.0. The zero-order valence-corrected chi connectivity index (χ0v) is 23.8. The first-order valence-electron chi connectivity index (χ1n) is 13.5. The smallest absolute Gasteiger partial charge is 0.229 e. The molecule has 0 bridgehead atoms. The number of rotatable bonds is 10. The van der Waals surface area contributed by atoms with Gasteiger partial charge in [0.15, 0.2) is 29.7 Å². The first-order valence-corrected chi connectivity index (χ1v) is 13.5. The molecule has 246 valence electrons. The quantitative estimate of drug-likeness (QED) is 0.126. The zero-order valence-electron chi connectivity index (χ0n) is 23.8. The second-order valence-electron chi connectivity index (χ2n) is 10.4. The monoisotopic (exact) mass is 630 g/mol. The highest BCUT2D eigenvalue weighted by Crippen LogP contribution is 2.37. The average Bonchev–Trinajstić information content (AvgIpc) is 2.96. The number of phenolic OH excluding ortho intramolecular Hbond substituents is 3. The Labute approximate surface area is 251 Å². The van der Waals surface area contributed by atoms with Crippen molar-refractivity contribution >= 4 is 5.78 Å². The van der Waals surface area contributed by atoms with Crippen LogP contribution in [-0.2, 0) is 20.6 Å². The minimum absolute atomic E-state index is 0. The van der Waals surface area contributed by atoms with Crippen molar-refractivity contribution in [3.63, 3.8) is 0 Å². The molecular formula is C28H38O16. The lowest BCUT2D eigenvalue weighted by Gasteiger charge is -2.45. The van der Waals surface area contributed by atoms with Gasteiger partial charge in [0.1, 0.15) is 59.4 Å². The fourth-order valence-corrected chi connectivity index (χ4v) is 4.93. The van der Waals surface area contributed by atoms with Gasteiger partial charge in [0.2, 0.25) is 6.29 Å². The van der Waals surface area contributed by atoms with E-state index in [-0.39, 0.29) is 35.6 Å². The molecule has 44 heavy (non-hydrogen) atoms. The Morgan fingerprint density at radius 1 is 0.841 bits per heavy atom. The van der Waals surface area contributed by atoms with Crippen molar-refractivity contribution in [2.75, 3.05) is 13.7 Å². The summed E-state index contributed by atoms with van der Waals surface area (Å²) in [6, 6.07) is 6.59. The molecule has 11 N–H and O–H groups in total. The minimum atomic E-state index is -1.79. The molecule has 2 aromatic rings. The van der Waals surface area contributed by atoms with Gasteiger partial charge in [-0.25, -0.2) is 0 Å². The maximum Gasteiger partial charge on any atom is 0.229 e.